The summed E-state index contributed by atoms with van der Waals surface area (Å²) >= 11 is 0. The summed E-state index contributed by atoms with van der Waals surface area (Å²) in [5, 5.41) is 11.4. The zero-order valence-electron chi connectivity index (χ0n) is 13.3. The Morgan fingerprint density at radius 3 is 2.48 bits per heavy atom. The summed E-state index contributed by atoms with van der Waals surface area (Å²) in [4.78, 5) is 34.7. The highest BCUT2D eigenvalue weighted by Gasteiger charge is 2.19. The van der Waals surface area contributed by atoms with Crippen molar-refractivity contribution in [3.8, 4) is 0 Å². The number of anilines is 1. The number of carbonyl (C=O) groups excluding carboxylic acids is 2. The Balaban J connectivity index is 1.84. The maximum Gasteiger partial charge on any atom is 0.335 e. The molecule has 1 atom stereocenters. The molecule has 0 aromatic heterocycles. The molecular formula is C18H18N2O5. The monoisotopic (exact) mass is 342 g/mol. The van der Waals surface area contributed by atoms with Crippen molar-refractivity contribution in [2.45, 2.75) is 19.1 Å². The molecule has 0 aliphatic rings. The Kier molecular flexibility index (Phi) is 6.25. The number of esters is 1. The molecule has 0 bridgehead atoms. The van der Waals surface area contributed by atoms with Crippen molar-refractivity contribution in [3.63, 3.8) is 0 Å². The minimum absolute atomic E-state index is 0.0358. The summed E-state index contributed by atoms with van der Waals surface area (Å²) in [5.41, 5.74) is 6.86. The Morgan fingerprint density at radius 2 is 1.80 bits per heavy atom. The molecule has 130 valence electrons. The fourth-order valence-corrected chi connectivity index (χ4v) is 2.03. The molecule has 0 spiro atoms. The zero-order chi connectivity index (χ0) is 18.2. The van der Waals surface area contributed by atoms with Crippen molar-refractivity contribution >= 4 is 23.5 Å². The van der Waals surface area contributed by atoms with Crippen LogP contribution in [0.4, 0.5) is 5.69 Å². The number of rotatable bonds is 7. The highest BCUT2D eigenvalue weighted by molar-refractivity contribution is 5.98. The van der Waals surface area contributed by atoms with E-state index < -0.39 is 23.9 Å². The van der Waals surface area contributed by atoms with Crippen LogP contribution in [0.1, 0.15) is 22.3 Å². The maximum absolute atomic E-state index is 12.0. The van der Waals surface area contributed by atoms with E-state index in [1.54, 1.807) is 0 Å². The van der Waals surface area contributed by atoms with Gasteiger partial charge in [0.05, 0.1) is 18.0 Å². The molecule has 7 nitrogen and oxygen atoms in total. The predicted molar refractivity (Wildman–Crippen MR) is 90.9 cm³/mol. The first-order valence-corrected chi connectivity index (χ1v) is 7.55. The van der Waals surface area contributed by atoms with Crippen molar-refractivity contribution in [1.82, 2.24) is 0 Å². The molecule has 0 saturated heterocycles. The van der Waals surface area contributed by atoms with E-state index in [4.69, 9.17) is 15.6 Å². The van der Waals surface area contributed by atoms with Gasteiger partial charge in [-0.15, -0.1) is 0 Å². The summed E-state index contributed by atoms with van der Waals surface area (Å²) in [6.45, 7) is 0.106. The lowest BCUT2D eigenvalue weighted by atomic mass is 10.1. The van der Waals surface area contributed by atoms with E-state index in [-0.39, 0.29) is 24.3 Å². The van der Waals surface area contributed by atoms with Crippen LogP contribution < -0.4 is 11.1 Å². The topological polar surface area (TPSA) is 119 Å². The third kappa shape index (κ3) is 5.74. The molecule has 2 aromatic rings. The van der Waals surface area contributed by atoms with Gasteiger partial charge in [-0.1, -0.05) is 36.4 Å². The number of nitrogens with two attached hydrogens (primary N) is 1. The molecule has 0 saturated carbocycles. The lowest BCUT2D eigenvalue weighted by Crippen LogP contribution is -2.37. The predicted octanol–water partition coefficient (Wildman–Crippen LogP) is 1.78. The van der Waals surface area contributed by atoms with E-state index in [1.165, 1.54) is 24.3 Å². The number of carboxylic acids is 1. The van der Waals surface area contributed by atoms with Gasteiger partial charge in [0.1, 0.15) is 6.61 Å². The van der Waals surface area contributed by atoms with Gasteiger partial charge in [0.25, 0.3) is 0 Å². The highest BCUT2D eigenvalue weighted by Crippen LogP contribution is 2.11. The minimum atomic E-state index is -1.11. The van der Waals surface area contributed by atoms with Crippen LogP contribution in [0.25, 0.3) is 0 Å². The van der Waals surface area contributed by atoms with Gasteiger partial charge in [-0.2, -0.15) is 0 Å². The largest absolute Gasteiger partial charge is 0.478 e. The van der Waals surface area contributed by atoms with Gasteiger partial charge in [-0.3, -0.25) is 9.59 Å². The lowest BCUT2D eigenvalue weighted by Gasteiger charge is -2.12. The molecule has 0 unspecified atom stereocenters. The van der Waals surface area contributed by atoms with Gasteiger partial charge in [0.2, 0.25) is 5.91 Å². The van der Waals surface area contributed by atoms with Gasteiger partial charge in [-0.05, 0) is 23.8 Å². The number of aromatic carboxylic acids is 1. The molecule has 25 heavy (non-hydrogen) atoms. The van der Waals surface area contributed by atoms with Crippen molar-refractivity contribution in [3.05, 3.63) is 65.7 Å². The lowest BCUT2D eigenvalue weighted by molar-refractivity contribution is -0.146. The molecular weight excluding hydrogens is 324 g/mol. The summed E-state index contributed by atoms with van der Waals surface area (Å²) in [5.74, 6) is -2.30. The third-order valence-corrected chi connectivity index (χ3v) is 3.34. The van der Waals surface area contributed by atoms with E-state index >= 15 is 0 Å². The second-order valence-corrected chi connectivity index (χ2v) is 5.33. The van der Waals surface area contributed by atoms with Crippen LogP contribution in [0.2, 0.25) is 0 Å². The normalized spacial score (nSPS) is 11.4. The second kappa shape index (κ2) is 8.60. The molecule has 2 aromatic carbocycles. The van der Waals surface area contributed by atoms with E-state index in [2.05, 4.69) is 5.32 Å². The van der Waals surface area contributed by atoms with E-state index in [1.807, 2.05) is 30.3 Å². The van der Waals surface area contributed by atoms with Crippen LogP contribution in [0.3, 0.4) is 0 Å². The summed E-state index contributed by atoms with van der Waals surface area (Å²) < 4.78 is 5.07. The van der Waals surface area contributed by atoms with Crippen LogP contribution in [0.15, 0.2) is 54.6 Å². The molecule has 2 rings (SSSR count). The van der Waals surface area contributed by atoms with Crippen LogP contribution in [0.5, 0.6) is 0 Å². The smallest absolute Gasteiger partial charge is 0.335 e. The first-order chi connectivity index (χ1) is 12.0. The van der Waals surface area contributed by atoms with Crippen molar-refractivity contribution < 1.29 is 24.2 Å². The van der Waals surface area contributed by atoms with Gasteiger partial charge < -0.3 is 20.9 Å². The quantitative estimate of drug-likeness (QED) is 0.660. The summed E-state index contributed by atoms with van der Waals surface area (Å²) in [7, 11) is 0. The number of amides is 1. The SMILES string of the molecule is N[C@H](CC(=O)OCc1ccccc1)C(=O)Nc1cccc(C(=O)O)c1. The van der Waals surface area contributed by atoms with Crippen molar-refractivity contribution in [2.75, 3.05) is 5.32 Å². The van der Waals surface area contributed by atoms with Gasteiger partial charge in [-0.25, -0.2) is 4.79 Å². The van der Waals surface area contributed by atoms with Gasteiger partial charge in [0.15, 0.2) is 0 Å². The number of benzene rings is 2. The molecule has 0 heterocycles. The van der Waals surface area contributed by atoms with Crippen LogP contribution in [-0.2, 0) is 20.9 Å². The van der Waals surface area contributed by atoms with Gasteiger partial charge in [0, 0.05) is 5.69 Å². The Morgan fingerprint density at radius 1 is 1.08 bits per heavy atom. The fourth-order valence-electron chi connectivity index (χ4n) is 2.03. The van der Waals surface area contributed by atoms with Crippen LogP contribution in [0, 0.1) is 0 Å². The number of carbonyl (C=O) groups is 3. The summed E-state index contributed by atoms with van der Waals surface area (Å²) in [6, 6.07) is 13.8. The number of hydrogen-bond acceptors (Lipinski definition) is 5. The summed E-state index contributed by atoms with van der Waals surface area (Å²) in [6.07, 6.45) is -0.280. The molecule has 0 fully saturated rings. The number of nitrogens with one attached hydrogen (secondary N) is 1. The van der Waals surface area contributed by atoms with Crippen molar-refractivity contribution in [2.24, 2.45) is 5.73 Å². The molecule has 0 radical (unpaired) electrons. The standard InChI is InChI=1S/C18H18N2O5/c19-15(10-16(21)25-11-12-5-2-1-3-6-12)17(22)20-14-8-4-7-13(9-14)18(23)24/h1-9,15H,10-11,19H2,(H,20,22)(H,23,24)/t15-/m1/s1. The average Bonchev–Trinajstić information content (AvgIpc) is 2.61. The molecule has 0 aliphatic carbocycles. The second-order valence-electron chi connectivity index (χ2n) is 5.33. The Labute approximate surface area is 144 Å². The fraction of sp³-hybridized carbons (Fsp3) is 0.167. The van der Waals surface area contributed by atoms with Crippen molar-refractivity contribution in [1.29, 1.82) is 0 Å². The average molecular weight is 342 g/mol. The van der Waals surface area contributed by atoms with Crippen LogP contribution in [-0.4, -0.2) is 29.0 Å². The zero-order valence-corrected chi connectivity index (χ0v) is 13.3. The van der Waals surface area contributed by atoms with Crippen LogP contribution >= 0.6 is 0 Å². The Bertz CT molecular complexity index is 761. The molecule has 0 aliphatic heterocycles. The highest BCUT2D eigenvalue weighted by atomic mass is 16.5. The first kappa shape index (κ1) is 18.2. The molecule has 7 heteroatoms. The third-order valence-electron chi connectivity index (χ3n) is 3.34. The minimum Gasteiger partial charge on any atom is -0.478 e. The number of hydrogen-bond donors (Lipinski definition) is 3. The first-order valence-electron chi connectivity index (χ1n) is 7.55. The molecule has 4 N–H and O–H groups in total. The van der Waals surface area contributed by atoms with E-state index in [9.17, 15) is 14.4 Å². The van der Waals surface area contributed by atoms with E-state index in [0.717, 1.165) is 5.56 Å². The Hall–Kier alpha value is -3.19. The number of ether oxygens (including phenoxy) is 1. The van der Waals surface area contributed by atoms with E-state index in [0.29, 0.717) is 0 Å². The molecule has 1 amide bonds. The maximum atomic E-state index is 12.0. The number of carboxylic acid groups (broad SMARTS) is 1. The van der Waals surface area contributed by atoms with Gasteiger partial charge >= 0.3 is 11.9 Å².